The van der Waals surface area contributed by atoms with Crippen molar-refractivity contribution in [3.63, 3.8) is 0 Å². The third kappa shape index (κ3) is 1.72. The van der Waals surface area contributed by atoms with Gasteiger partial charge in [0, 0.05) is 0 Å². The van der Waals surface area contributed by atoms with Gasteiger partial charge in [0.05, 0.1) is 0 Å². The Kier molecular flexibility index (Phi) is 3.00. The Labute approximate surface area is 82.7 Å². The monoisotopic (exact) mass is 178 g/mol. The van der Waals surface area contributed by atoms with Gasteiger partial charge in [-0.2, -0.15) is 0 Å². The summed E-state index contributed by atoms with van der Waals surface area (Å²) in [7, 11) is 0. The fourth-order valence-corrected chi connectivity index (χ4v) is 2.68. The predicted molar refractivity (Wildman–Crippen MR) is 59.7 cm³/mol. The standard InChI is InChI=1S/C13H22/c1-6-12-9-13(7-2,11(12)5)8-10(3)4/h12H,3,5-9H2,1-2,4H3. The van der Waals surface area contributed by atoms with E-state index in [9.17, 15) is 0 Å². The van der Waals surface area contributed by atoms with Crippen molar-refractivity contribution < 1.29 is 0 Å². The number of rotatable bonds is 4. The van der Waals surface area contributed by atoms with Gasteiger partial charge in [-0.15, -0.1) is 6.58 Å². The molecule has 0 heterocycles. The van der Waals surface area contributed by atoms with Crippen LogP contribution in [0.5, 0.6) is 0 Å². The number of allylic oxidation sites excluding steroid dienone is 2. The summed E-state index contributed by atoms with van der Waals surface area (Å²) in [6, 6.07) is 0. The van der Waals surface area contributed by atoms with E-state index in [2.05, 4.69) is 33.9 Å². The minimum Gasteiger partial charge on any atom is -0.100 e. The second-order valence-corrected chi connectivity index (χ2v) is 4.60. The van der Waals surface area contributed by atoms with E-state index in [0.29, 0.717) is 5.41 Å². The maximum Gasteiger partial charge on any atom is -0.00480 e. The molecule has 0 spiro atoms. The summed E-state index contributed by atoms with van der Waals surface area (Å²) in [4.78, 5) is 0. The Hall–Kier alpha value is -0.520. The minimum absolute atomic E-state index is 0.423. The van der Waals surface area contributed by atoms with E-state index in [1.54, 1.807) is 0 Å². The van der Waals surface area contributed by atoms with Crippen molar-refractivity contribution >= 4 is 0 Å². The maximum absolute atomic E-state index is 4.25. The largest absolute Gasteiger partial charge is 0.100 e. The average Bonchev–Trinajstić information content (AvgIpc) is 2.10. The van der Waals surface area contributed by atoms with Crippen molar-refractivity contribution in [2.45, 2.75) is 46.5 Å². The van der Waals surface area contributed by atoms with Crippen molar-refractivity contribution in [3.8, 4) is 0 Å². The first-order valence-electron chi connectivity index (χ1n) is 5.39. The van der Waals surface area contributed by atoms with Gasteiger partial charge in [0.1, 0.15) is 0 Å². The predicted octanol–water partition coefficient (Wildman–Crippen LogP) is 4.34. The molecule has 0 aromatic heterocycles. The van der Waals surface area contributed by atoms with Gasteiger partial charge >= 0.3 is 0 Å². The molecule has 1 saturated carbocycles. The van der Waals surface area contributed by atoms with Crippen LogP contribution in [-0.2, 0) is 0 Å². The van der Waals surface area contributed by atoms with Crippen LogP contribution in [0.15, 0.2) is 24.3 Å². The van der Waals surface area contributed by atoms with Gasteiger partial charge in [-0.25, -0.2) is 0 Å². The van der Waals surface area contributed by atoms with Crippen molar-refractivity contribution in [2.24, 2.45) is 11.3 Å². The summed E-state index contributed by atoms with van der Waals surface area (Å²) in [5.41, 5.74) is 3.21. The topological polar surface area (TPSA) is 0 Å². The van der Waals surface area contributed by atoms with Crippen molar-refractivity contribution in [1.82, 2.24) is 0 Å². The first kappa shape index (κ1) is 10.6. The van der Waals surface area contributed by atoms with Crippen LogP contribution in [0, 0.1) is 11.3 Å². The molecule has 0 bridgehead atoms. The SMILES string of the molecule is C=C(C)CC1(CC)CC(CC)C1=C. The molecule has 0 N–H and O–H groups in total. The highest BCUT2D eigenvalue weighted by Gasteiger charge is 2.44. The van der Waals surface area contributed by atoms with Gasteiger partial charge in [-0.05, 0) is 43.9 Å². The first-order chi connectivity index (χ1) is 6.05. The molecule has 1 rings (SSSR count). The molecule has 0 aromatic carbocycles. The molecule has 0 aromatic rings. The molecule has 2 unspecified atom stereocenters. The number of hydrogen-bond donors (Lipinski definition) is 0. The van der Waals surface area contributed by atoms with Gasteiger partial charge in [-0.1, -0.05) is 31.6 Å². The quantitative estimate of drug-likeness (QED) is 0.562. The third-order valence-corrected chi connectivity index (χ3v) is 3.62. The van der Waals surface area contributed by atoms with Gasteiger partial charge in [0.15, 0.2) is 0 Å². The summed E-state index contributed by atoms with van der Waals surface area (Å²) >= 11 is 0. The third-order valence-electron chi connectivity index (χ3n) is 3.62. The lowest BCUT2D eigenvalue weighted by molar-refractivity contribution is 0.151. The maximum atomic E-state index is 4.25. The first-order valence-corrected chi connectivity index (χ1v) is 5.39. The summed E-state index contributed by atoms with van der Waals surface area (Å²) in [6.07, 6.45) is 4.98. The molecule has 0 radical (unpaired) electrons. The highest BCUT2D eigenvalue weighted by Crippen LogP contribution is 2.56. The van der Waals surface area contributed by atoms with Crippen molar-refractivity contribution in [3.05, 3.63) is 24.3 Å². The van der Waals surface area contributed by atoms with Gasteiger partial charge < -0.3 is 0 Å². The van der Waals surface area contributed by atoms with Crippen LogP contribution in [0.2, 0.25) is 0 Å². The van der Waals surface area contributed by atoms with Crippen molar-refractivity contribution in [1.29, 1.82) is 0 Å². The zero-order valence-electron chi connectivity index (χ0n) is 9.32. The molecule has 0 saturated heterocycles. The molecular formula is C13H22. The lowest BCUT2D eigenvalue weighted by atomic mass is 9.54. The van der Waals surface area contributed by atoms with E-state index in [4.69, 9.17) is 0 Å². The minimum atomic E-state index is 0.423. The molecular weight excluding hydrogens is 156 g/mol. The van der Waals surface area contributed by atoms with Crippen LogP contribution in [0.1, 0.15) is 46.5 Å². The molecule has 1 aliphatic rings. The summed E-state index contributed by atoms with van der Waals surface area (Å²) < 4.78 is 0. The smallest absolute Gasteiger partial charge is 0.00480 e. The Morgan fingerprint density at radius 1 is 1.54 bits per heavy atom. The van der Waals surface area contributed by atoms with Crippen LogP contribution in [0.3, 0.4) is 0 Å². The van der Waals surface area contributed by atoms with E-state index < -0.39 is 0 Å². The second kappa shape index (κ2) is 3.69. The molecule has 1 fully saturated rings. The summed E-state index contributed by atoms with van der Waals surface area (Å²) in [6.45, 7) is 14.9. The Morgan fingerprint density at radius 2 is 2.15 bits per heavy atom. The lowest BCUT2D eigenvalue weighted by Gasteiger charge is -2.50. The highest BCUT2D eigenvalue weighted by atomic mass is 14.5. The van der Waals surface area contributed by atoms with Gasteiger partial charge in [0.25, 0.3) is 0 Å². The number of hydrogen-bond acceptors (Lipinski definition) is 0. The van der Waals surface area contributed by atoms with E-state index in [0.717, 1.165) is 12.3 Å². The summed E-state index contributed by atoms with van der Waals surface area (Å²) in [5.74, 6) is 0.791. The molecule has 2 atom stereocenters. The molecule has 74 valence electrons. The Balaban J connectivity index is 2.65. The van der Waals surface area contributed by atoms with E-state index in [1.807, 2.05) is 0 Å². The van der Waals surface area contributed by atoms with Crippen LogP contribution in [-0.4, -0.2) is 0 Å². The van der Waals surface area contributed by atoms with E-state index >= 15 is 0 Å². The summed E-state index contributed by atoms with van der Waals surface area (Å²) in [5, 5.41) is 0. The lowest BCUT2D eigenvalue weighted by Crippen LogP contribution is -2.39. The van der Waals surface area contributed by atoms with Crippen LogP contribution in [0.25, 0.3) is 0 Å². The molecule has 0 amide bonds. The van der Waals surface area contributed by atoms with Gasteiger partial charge in [-0.3, -0.25) is 0 Å². The van der Waals surface area contributed by atoms with Crippen LogP contribution >= 0.6 is 0 Å². The molecule has 0 heteroatoms. The van der Waals surface area contributed by atoms with E-state index in [-0.39, 0.29) is 0 Å². The van der Waals surface area contributed by atoms with E-state index in [1.165, 1.54) is 30.4 Å². The Morgan fingerprint density at radius 3 is 2.46 bits per heavy atom. The normalized spacial score (nSPS) is 32.8. The van der Waals surface area contributed by atoms with Crippen LogP contribution in [0.4, 0.5) is 0 Å². The molecule has 0 aliphatic heterocycles. The molecule has 13 heavy (non-hydrogen) atoms. The zero-order chi connectivity index (χ0) is 10.1. The zero-order valence-corrected chi connectivity index (χ0v) is 9.32. The average molecular weight is 178 g/mol. The highest BCUT2D eigenvalue weighted by molar-refractivity contribution is 5.26. The fraction of sp³-hybridized carbons (Fsp3) is 0.692. The molecule has 1 aliphatic carbocycles. The van der Waals surface area contributed by atoms with Crippen molar-refractivity contribution in [2.75, 3.05) is 0 Å². The second-order valence-electron chi connectivity index (χ2n) is 4.60. The molecule has 0 nitrogen and oxygen atoms in total. The fourth-order valence-electron chi connectivity index (χ4n) is 2.68. The Bertz CT molecular complexity index is 224. The van der Waals surface area contributed by atoms with Crippen LogP contribution < -0.4 is 0 Å². The van der Waals surface area contributed by atoms with Gasteiger partial charge in [0.2, 0.25) is 0 Å².